The summed E-state index contributed by atoms with van der Waals surface area (Å²) in [7, 11) is 0. The van der Waals surface area contributed by atoms with Crippen molar-refractivity contribution in [1.82, 2.24) is 14.8 Å². The van der Waals surface area contributed by atoms with Crippen LogP contribution >= 0.6 is 0 Å². The van der Waals surface area contributed by atoms with Gasteiger partial charge >= 0.3 is 0 Å². The first-order valence-electron chi connectivity index (χ1n) is 7.76. The summed E-state index contributed by atoms with van der Waals surface area (Å²) in [4.78, 5) is 0. The SMILES string of the molecule is Cc1ccc(CC2CCOC2)n1-c1cc(C(C)(C)C)[nH]n1. The van der Waals surface area contributed by atoms with E-state index in [1.54, 1.807) is 0 Å². The van der Waals surface area contributed by atoms with Crippen LogP contribution in [0.1, 0.15) is 44.3 Å². The number of aromatic amines is 1. The smallest absolute Gasteiger partial charge is 0.159 e. The quantitative estimate of drug-likeness (QED) is 0.940. The van der Waals surface area contributed by atoms with Gasteiger partial charge in [0.05, 0.1) is 0 Å². The van der Waals surface area contributed by atoms with E-state index in [9.17, 15) is 0 Å². The van der Waals surface area contributed by atoms with Gasteiger partial charge in [-0.05, 0) is 37.8 Å². The van der Waals surface area contributed by atoms with Crippen LogP contribution in [0.15, 0.2) is 18.2 Å². The molecule has 0 aromatic carbocycles. The molecule has 0 saturated carbocycles. The van der Waals surface area contributed by atoms with Crippen molar-refractivity contribution in [1.29, 1.82) is 0 Å². The van der Waals surface area contributed by atoms with E-state index in [0.717, 1.165) is 31.9 Å². The lowest BCUT2D eigenvalue weighted by Crippen LogP contribution is -2.11. The molecule has 1 atom stereocenters. The highest BCUT2D eigenvalue weighted by atomic mass is 16.5. The molecule has 1 N–H and O–H groups in total. The maximum atomic E-state index is 5.50. The zero-order valence-corrected chi connectivity index (χ0v) is 13.4. The highest BCUT2D eigenvalue weighted by Crippen LogP contribution is 2.25. The molecule has 1 unspecified atom stereocenters. The number of nitrogens with one attached hydrogen (secondary N) is 1. The number of hydrogen-bond donors (Lipinski definition) is 1. The van der Waals surface area contributed by atoms with E-state index in [1.165, 1.54) is 17.1 Å². The van der Waals surface area contributed by atoms with Crippen molar-refractivity contribution in [2.24, 2.45) is 5.92 Å². The molecule has 4 nitrogen and oxygen atoms in total. The number of nitrogens with zero attached hydrogens (tertiary/aromatic N) is 2. The molecule has 0 spiro atoms. The summed E-state index contributed by atoms with van der Waals surface area (Å²) in [6.45, 7) is 10.5. The van der Waals surface area contributed by atoms with Gasteiger partial charge in [-0.1, -0.05) is 20.8 Å². The number of ether oxygens (including phenoxy) is 1. The lowest BCUT2D eigenvalue weighted by molar-refractivity contribution is 0.185. The standard InChI is InChI=1S/C17H25N3O/c1-12-5-6-14(9-13-7-8-21-11-13)20(12)16-10-15(18-19-16)17(2,3)4/h5-6,10,13H,7-9,11H2,1-4H3,(H,18,19). The third kappa shape index (κ3) is 2.91. The second-order valence-electron chi connectivity index (χ2n) is 7.13. The van der Waals surface area contributed by atoms with Crippen molar-refractivity contribution in [2.45, 2.75) is 46.0 Å². The Kier molecular flexibility index (Phi) is 3.66. The predicted octanol–water partition coefficient (Wildman–Crippen LogP) is 3.39. The van der Waals surface area contributed by atoms with Crippen molar-refractivity contribution < 1.29 is 4.74 Å². The first kappa shape index (κ1) is 14.4. The molecular weight excluding hydrogens is 262 g/mol. The van der Waals surface area contributed by atoms with Crippen molar-refractivity contribution in [3.8, 4) is 5.82 Å². The van der Waals surface area contributed by atoms with E-state index in [4.69, 9.17) is 4.74 Å². The fourth-order valence-electron chi connectivity index (χ4n) is 2.93. The topological polar surface area (TPSA) is 42.8 Å². The first-order chi connectivity index (χ1) is 9.95. The van der Waals surface area contributed by atoms with Crippen LogP contribution in [0.5, 0.6) is 0 Å². The fourth-order valence-corrected chi connectivity index (χ4v) is 2.93. The highest BCUT2D eigenvalue weighted by molar-refractivity contribution is 5.34. The van der Waals surface area contributed by atoms with E-state index >= 15 is 0 Å². The molecule has 1 saturated heterocycles. The van der Waals surface area contributed by atoms with Crippen molar-refractivity contribution in [3.63, 3.8) is 0 Å². The number of hydrogen-bond acceptors (Lipinski definition) is 2. The van der Waals surface area contributed by atoms with E-state index in [1.807, 2.05) is 0 Å². The normalized spacial score (nSPS) is 19.3. The van der Waals surface area contributed by atoms with Crippen LogP contribution in [0.3, 0.4) is 0 Å². The highest BCUT2D eigenvalue weighted by Gasteiger charge is 2.21. The minimum absolute atomic E-state index is 0.0891. The second-order valence-corrected chi connectivity index (χ2v) is 7.13. The Labute approximate surface area is 126 Å². The van der Waals surface area contributed by atoms with Crippen molar-refractivity contribution in [2.75, 3.05) is 13.2 Å². The summed E-state index contributed by atoms with van der Waals surface area (Å²) in [6.07, 6.45) is 2.23. The van der Waals surface area contributed by atoms with Gasteiger partial charge in [-0.15, -0.1) is 0 Å². The number of rotatable bonds is 3. The Morgan fingerprint density at radius 1 is 1.38 bits per heavy atom. The molecule has 1 aliphatic heterocycles. The van der Waals surface area contributed by atoms with Crippen molar-refractivity contribution >= 4 is 0 Å². The van der Waals surface area contributed by atoms with Gasteiger partial charge in [0.1, 0.15) is 0 Å². The lowest BCUT2D eigenvalue weighted by Gasteiger charge is -2.15. The Morgan fingerprint density at radius 2 is 2.19 bits per heavy atom. The maximum Gasteiger partial charge on any atom is 0.159 e. The summed E-state index contributed by atoms with van der Waals surface area (Å²) < 4.78 is 7.77. The van der Waals surface area contributed by atoms with Crippen LogP contribution in [0.25, 0.3) is 5.82 Å². The molecule has 4 heteroatoms. The van der Waals surface area contributed by atoms with Crippen LogP contribution < -0.4 is 0 Å². The third-order valence-corrected chi connectivity index (χ3v) is 4.28. The van der Waals surface area contributed by atoms with Gasteiger partial charge in [-0.25, -0.2) is 0 Å². The van der Waals surface area contributed by atoms with Gasteiger partial charge in [0.25, 0.3) is 0 Å². The van der Waals surface area contributed by atoms with Crippen LogP contribution in [-0.4, -0.2) is 28.0 Å². The first-order valence-corrected chi connectivity index (χ1v) is 7.76. The maximum absolute atomic E-state index is 5.50. The summed E-state index contributed by atoms with van der Waals surface area (Å²) in [5.41, 5.74) is 3.82. The molecule has 0 amide bonds. The van der Waals surface area contributed by atoms with Gasteiger partial charge in [-0.2, -0.15) is 5.10 Å². The zero-order valence-electron chi connectivity index (χ0n) is 13.4. The largest absolute Gasteiger partial charge is 0.381 e. The van der Waals surface area contributed by atoms with Gasteiger partial charge in [0.2, 0.25) is 0 Å². The van der Waals surface area contributed by atoms with Crippen LogP contribution in [0.2, 0.25) is 0 Å². The van der Waals surface area contributed by atoms with Crippen LogP contribution in [0, 0.1) is 12.8 Å². The molecular formula is C17H25N3O. The molecule has 2 aromatic heterocycles. The average molecular weight is 287 g/mol. The molecule has 0 radical (unpaired) electrons. The van der Waals surface area contributed by atoms with E-state index in [2.05, 4.69) is 60.7 Å². The molecule has 0 aliphatic carbocycles. The molecule has 3 heterocycles. The average Bonchev–Trinajstić information content (AvgIpc) is 3.10. The minimum atomic E-state index is 0.0891. The molecule has 114 valence electrons. The lowest BCUT2D eigenvalue weighted by atomic mass is 9.92. The van der Waals surface area contributed by atoms with E-state index in [0.29, 0.717) is 5.92 Å². The Balaban J connectivity index is 1.90. The number of H-pyrrole nitrogens is 1. The van der Waals surface area contributed by atoms with Gasteiger partial charge < -0.3 is 9.30 Å². The predicted molar refractivity (Wildman–Crippen MR) is 84.0 cm³/mol. The Morgan fingerprint density at radius 3 is 2.81 bits per heavy atom. The Hall–Kier alpha value is -1.55. The van der Waals surface area contributed by atoms with Gasteiger partial charge in [-0.3, -0.25) is 5.10 Å². The molecule has 2 aromatic rings. The fraction of sp³-hybridized carbons (Fsp3) is 0.588. The summed E-state index contributed by atoms with van der Waals surface area (Å²) in [5.74, 6) is 1.63. The van der Waals surface area contributed by atoms with Crippen LogP contribution in [-0.2, 0) is 16.6 Å². The van der Waals surface area contributed by atoms with Crippen LogP contribution in [0.4, 0.5) is 0 Å². The Bertz CT molecular complexity index is 612. The summed E-state index contributed by atoms with van der Waals surface area (Å²) >= 11 is 0. The minimum Gasteiger partial charge on any atom is -0.381 e. The number of aromatic nitrogens is 3. The zero-order chi connectivity index (χ0) is 15.0. The third-order valence-electron chi connectivity index (χ3n) is 4.28. The molecule has 3 rings (SSSR count). The molecule has 0 bridgehead atoms. The monoisotopic (exact) mass is 287 g/mol. The molecule has 21 heavy (non-hydrogen) atoms. The van der Waals surface area contributed by atoms with Gasteiger partial charge in [0, 0.05) is 41.8 Å². The molecule has 1 fully saturated rings. The second kappa shape index (κ2) is 5.34. The van der Waals surface area contributed by atoms with Crippen molar-refractivity contribution in [3.05, 3.63) is 35.3 Å². The van der Waals surface area contributed by atoms with Gasteiger partial charge in [0.15, 0.2) is 5.82 Å². The summed E-state index contributed by atoms with van der Waals surface area (Å²) in [5, 5.41) is 7.71. The number of aryl methyl sites for hydroxylation is 1. The summed E-state index contributed by atoms with van der Waals surface area (Å²) in [6, 6.07) is 6.57. The van der Waals surface area contributed by atoms with E-state index in [-0.39, 0.29) is 5.41 Å². The van der Waals surface area contributed by atoms with E-state index < -0.39 is 0 Å². The molecule has 1 aliphatic rings.